The van der Waals surface area contributed by atoms with Gasteiger partial charge in [-0.1, -0.05) is 0 Å². The average Bonchev–Trinajstić information content (AvgIpc) is 2.54. The molecule has 1 aromatic carbocycles. The Hall–Kier alpha value is -2.08. The van der Waals surface area contributed by atoms with Crippen LogP contribution in [0.3, 0.4) is 0 Å². The summed E-state index contributed by atoms with van der Waals surface area (Å²) in [6, 6.07) is 6.91. The number of hydrogen-bond donors (Lipinski definition) is 2. The van der Waals surface area contributed by atoms with Gasteiger partial charge in [0.15, 0.2) is 0 Å². The minimum atomic E-state index is -0.921. The van der Waals surface area contributed by atoms with E-state index in [1.54, 1.807) is 26.0 Å². The fourth-order valence-corrected chi connectivity index (χ4v) is 2.27. The highest BCUT2D eigenvalue weighted by atomic mass is 16.5. The van der Waals surface area contributed by atoms with Gasteiger partial charge in [0.1, 0.15) is 0 Å². The fraction of sp³-hybridized carbons (Fsp3) is 0.500. The van der Waals surface area contributed by atoms with Crippen LogP contribution in [-0.2, 0) is 9.53 Å². The van der Waals surface area contributed by atoms with Crippen molar-refractivity contribution in [1.82, 2.24) is 5.32 Å². The van der Waals surface area contributed by atoms with Gasteiger partial charge in [0.25, 0.3) is 5.91 Å². The molecule has 0 radical (unpaired) electrons. The first-order valence-electron chi connectivity index (χ1n) is 7.45. The standard InChI is InChI=1S/C16H22N2O4/c1-11(16(20)21)12(2)17-15(19)13-3-5-14(6-4-13)18-7-9-22-10-8-18/h3-6,11-12H,7-10H2,1-2H3,(H,17,19)(H,20,21). The van der Waals surface area contributed by atoms with Crippen LogP contribution in [0.5, 0.6) is 0 Å². The zero-order valence-electron chi connectivity index (χ0n) is 12.9. The van der Waals surface area contributed by atoms with E-state index in [4.69, 9.17) is 9.84 Å². The molecule has 1 amide bonds. The first-order chi connectivity index (χ1) is 10.5. The molecule has 1 saturated heterocycles. The Morgan fingerprint density at radius 2 is 1.77 bits per heavy atom. The Bertz CT molecular complexity index is 523. The second-order valence-electron chi connectivity index (χ2n) is 5.54. The van der Waals surface area contributed by atoms with Crippen LogP contribution in [0.1, 0.15) is 24.2 Å². The number of carbonyl (C=O) groups excluding carboxylic acids is 1. The molecular weight excluding hydrogens is 284 g/mol. The summed E-state index contributed by atoms with van der Waals surface area (Å²) in [5.74, 6) is -1.80. The molecule has 1 aliphatic rings. The summed E-state index contributed by atoms with van der Waals surface area (Å²) in [5, 5.41) is 11.7. The predicted molar refractivity (Wildman–Crippen MR) is 83.2 cm³/mol. The molecule has 2 atom stereocenters. The Morgan fingerprint density at radius 1 is 1.18 bits per heavy atom. The number of benzene rings is 1. The van der Waals surface area contributed by atoms with Crippen molar-refractivity contribution in [3.8, 4) is 0 Å². The second kappa shape index (κ2) is 7.26. The summed E-state index contributed by atoms with van der Waals surface area (Å²) in [6.45, 7) is 6.39. The lowest BCUT2D eigenvalue weighted by Crippen LogP contribution is -2.40. The Morgan fingerprint density at radius 3 is 2.32 bits per heavy atom. The van der Waals surface area contributed by atoms with Gasteiger partial charge in [0, 0.05) is 30.4 Å². The minimum absolute atomic E-state index is 0.255. The van der Waals surface area contributed by atoms with Gasteiger partial charge >= 0.3 is 5.97 Å². The summed E-state index contributed by atoms with van der Waals surface area (Å²) in [5.41, 5.74) is 1.59. The van der Waals surface area contributed by atoms with Gasteiger partial charge in [-0.05, 0) is 38.1 Å². The van der Waals surface area contributed by atoms with Crippen LogP contribution < -0.4 is 10.2 Å². The van der Waals surface area contributed by atoms with Crippen molar-refractivity contribution in [3.63, 3.8) is 0 Å². The van der Waals surface area contributed by atoms with E-state index in [1.807, 2.05) is 12.1 Å². The maximum atomic E-state index is 12.1. The lowest BCUT2D eigenvalue weighted by atomic mass is 10.0. The predicted octanol–water partition coefficient (Wildman–Crippen LogP) is 1.36. The van der Waals surface area contributed by atoms with E-state index in [-0.39, 0.29) is 5.91 Å². The number of amides is 1. The van der Waals surface area contributed by atoms with Crippen LogP contribution in [0.2, 0.25) is 0 Å². The van der Waals surface area contributed by atoms with Crippen molar-refractivity contribution >= 4 is 17.6 Å². The van der Waals surface area contributed by atoms with Crippen molar-refractivity contribution < 1.29 is 19.4 Å². The maximum absolute atomic E-state index is 12.1. The zero-order chi connectivity index (χ0) is 16.1. The highest BCUT2D eigenvalue weighted by molar-refractivity contribution is 5.95. The maximum Gasteiger partial charge on any atom is 0.308 e. The molecule has 0 aromatic heterocycles. The third kappa shape index (κ3) is 3.98. The van der Waals surface area contributed by atoms with E-state index in [9.17, 15) is 9.59 Å². The van der Waals surface area contributed by atoms with Crippen LogP contribution in [0, 0.1) is 5.92 Å². The number of aliphatic carboxylic acids is 1. The van der Waals surface area contributed by atoms with Crippen molar-refractivity contribution in [2.24, 2.45) is 5.92 Å². The summed E-state index contributed by atoms with van der Waals surface area (Å²) in [4.78, 5) is 25.3. The van der Waals surface area contributed by atoms with Gasteiger partial charge in [-0.15, -0.1) is 0 Å². The van der Waals surface area contributed by atoms with Gasteiger partial charge in [0.05, 0.1) is 19.1 Å². The average molecular weight is 306 g/mol. The van der Waals surface area contributed by atoms with Gasteiger partial charge in [-0.2, -0.15) is 0 Å². The number of nitrogens with zero attached hydrogens (tertiary/aromatic N) is 1. The number of rotatable bonds is 5. The van der Waals surface area contributed by atoms with Gasteiger partial charge < -0.3 is 20.1 Å². The molecule has 0 saturated carbocycles. The minimum Gasteiger partial charge on any atom is -0.481 e. The first-order valence-corrected chi connectivity index (χ1v) is 7.45. The third-order valence-electron chi connectivity index (χ3n) is 4.00. The largest absolute Gasteiger partial charge is 0.481 e. The zero-order valence-corrected chi connectivity index (χ0v) is 12.9. The molecule has 0 bridgehead atoms. The summed E-state index contributed by atoms with van der Waals surface area (Å²) >= 11 is 0. The molecule has 1 fully saturated rings. The van der Waals surface area contributed by atoms with E-state index in [1.165, 1.54) is 0 Å². The van der Waals surface area contributed by atoms with Gasteiger partial charge in [0.2, 0.25) is 0 Å². The van der Waals surface area contributed by atoms with Crippen molar-refractivity contribution in [2.45, 2.75) is 19.9 Å². The highest BCUT2D eigenvalue weighted by Gasteiger charge is 2.21. The van der Waals surface area contributed by atoms with Crippen LogP contribution in [-0.4, -0.2) is 49.3 Å². The molecule has 2 rings (SSSR count). The monoisotopic (exact) mass is 306 g/mol. The molecule has 1 aromatic rings. The normalized spacial score (nSPS) is 17.6. The van der Waals surface area contributed by atoms with Crippen molar-refractivity contribution in [3.05, 3.63) is 29.8 Å². The molecule has 22 heavy (non-hydrogen) atoms. The number of ether oxygens (including phenoxy) is 1. The number of nitrogens with one attached hydrogen (secondary N) is 1. The molecule has 1 heterocycles. The summed E-state index contributed by atoms with van der Waals surface area (Å²) < 4.78 is 5.31. The second-order valence-corrected chi connectivity index (χ2v) is 5.54. The first kappa shape index (κ1) is 16.3. The topological polar surface area (TPSA) is 78.9 Å². The molecule has 120 valence electrons. The van der Waals surface area contributed by atoms with E-state index in [0.29, 0.717) is 18.8 Å². The Kier molecular flexibility index (Phi) is 5.38. The van der Waals surface area contributed by atoms with E-state index in [2.05, 4.69) is 10.2 Å². The smallest absolute Gasteiger partial charge is 0.308 e. The number of hydrogen-bond acceptors (Lipinski definition) is 4. The number of carboxylic acid groups (broad SMARTS) is 1. The number of carbonyl (C=O) groups is 2. The van der Waals surface area contributed by atoms with E-state index in [0.717, 1.165) is 18.8 Å². The highest BCUT2D eigenvalue weighted by Crippen LogP contribution is 2.17. The molecule has 6 nitrogen and oxygen atoms in total. The van der Waals surface area contributed by atoms with Crippen molar-refractivity contribution in [2.75, 3.05) is 31.2 Å². The van der Waals surface area contributed by atoms with Crippen LogP contribution >= 0.6 is 0 Å². The summed E-state index contributed by atoms with van der Waals surface area (Å²) in [7, 11) is 0. The summed E-state index contributed by atoms with van der Waals surface area (Å²) in [6.07, 6.45) is 0. The van der Waals surface area contributed by atoms with Gasteiger partial charge in [-0.25, -0.2) is 0 Å². The lowest BCUT2D eigenvalue weighted by molar-refractivity contribution is -0.141. The molecular formula is C16H22N2O4. The van der Waals surface area contributed by atoms with E-state index >= 15 is 0 Å². The molecule has 0 aliphatic carbocycles. The lowest BCUT2D eigenvalue weighted by Gasteiger charge is -2.28. The van der Waals surface area contributed by atoms with Gasteiger partial charge in [-0.3, -0.25) is 9.59 Å². The molecule has 1 aliphatic heterocycles. The van der Waals surface area contributed by atoms with Crippen LogP contribution in [0.4, 0.5) is 5.69 Å². The fourth-order valence-electron chi connectivity index (χ4n) is 2.27. The van der Waals surface area contributed by atoms with E-state index < -0.39 is 17.9 Å². The molecule has 2 unspecified atom stereocenters. The third-order valence-corrected chi connectivity index (χ3v) is 4.00. The number of carboxylic acids is 1. The Labute approximate surface area is 130 Å². The van der Waals surface area contributed by atoms with Crippen molar-refractivity contribution in [1.29, 1.82) is 0 Å². The SMILES string of the molecule is CC(NC(=O)c1ccc(N2CCOCC2)cc1)C(C)C(=O)O. The quantitative estimate of drug-likeness (QED) is 0.859. The molecule has 0 spiro atoms. The molecule has 2 N–H and O–H groups in total. The molecule has 6 heteroatoms. The van der Waals surface area contributed by atoms with Crippen LogP contribution in [0.15, 0.2) is 24.3 Å². The number of anilines is 1. The Balaban J connectivity index is 1.97. The van der Waals surface area contributed by atoms with Crippen LogP contribution in [0.25, 0.3) is 0 Å². The number of morpholine rings is 1.